The van der Waals surface area contributed by atoms with Gasteiger partial charge in [-0.05, 0) is 25.5 Å². The molecule has 0 aliphatic rings. The molecule has 0 aliphatic heterocycles. The summed E-state index contributed by atoms with van der Waals surface area (Å²) in [7, 11) is 0. The fourth-order valence-electron chi connectivity index (χ4n) is 1.71. The monoisotopic (exact) mass is 249 g/mol. The Balaban J connectivity index is 2.25. The van der Waals surface area contributed by atoms with Gasteiger partial charge in [-0.15, -0.1) is 11.3 Å². The molecule has 2 aromatic rings. The molecule has 0 aliphatic carbocycles. The number of nitrogens with zero attached hydrogens (tertiary/aromatic N) is 3. The molecule has 17 heavy (non-hydrogen) atoms. The molecule has 0 saturated carbocycles. The number of hydrazine groups is 1. The van der Waals surface area contributed by atoms with Crippen molar-refractivity contribution in [1.82, 2.24) is 20.6 Å². The lowest BCUT2D eigenvalue weighted by Crippen LogP contribution is -2.30. The van der Waals surface area contributed by atoms with Crippen LogP contribution in [0.2, 0.25) is 0 Å². The summed E-state index contributed by atoms with van der Waals surface area (Å²) in [4.78, 5) is 4.27. The molecule has 0 amide bonds. The first-order valence-corrected chi connectivity index (χ1v) is 6.24. The van der Waals surface area contributed by atoms with E-state index in [1.165, 1.54) is 0 Å². The molecule has 1 atom stereocenters. The molecule has 0 bridgehead atoms. The fourth-order valence-corrected chi connectivity index (χ4v) is 2.37. The van der Waals surface area contributed by atoms with Crippen molar-refractivity contribution < 1.29 is 0 Å². The number of nitrogens with two attached hydrogens (primary N) is 1. The van der Waals surface area contributed by atoms with Gasteiger partial charge in [-0.3, -0.25) is 11.3 Å². The maximum Gasteiger partial charge on any atom is 0.0944 e. The molecule has 6 heteroatoms. The van der Waals surface area contributed by atoms with Crippen LogP contribution in [0.15, 0.2) is 17.6 Å². The number of aromatic nitrogens is 3. The molecule has 0 saturated heterocycles. The Bertz CT molecular complexity index is 483. The van der Waals surface area contributed by atoms with Crippen molar-refractivity contribution in [2.75, 3.05) is 0 Å². The lowest BCUT2D eigenvalue weighted by atomic mass is 10.0. The molecule has 3 N–H and O–H groups in total. The van der Waals surface area contributed by atoms with Crippen LogP contribution < -0.4 is 11.3 Å². The normalized spacial score (nSPS) is 12.6. The van der Waals surface area contributed by atoms with E-state index in [1.54, 1.807) is 17.5 Å². The van der Waals surface area contributed by atoms with Crippen LogP contribution in [-0.2, 0) is 6.42 Å². The molecule has 90 valence electrons. The largest absolute Gasteiger partial charge is 0.271 e. The van der Waals surface area contributed by atoms with E-state index in [4.69, 9.17) is 5.84 Å². The number of thiazole rings is 1. The summed E-state index contributed by atoms with van der Waals surface area (Å²) in [5, 5.41) is 11.2. The summed E-state index contributed by atoms with van der Waals surface area (Å²) in [6.45, 7) is 3.86. The zero-order valence-corrected chi connectivity index (χ0v) is 10.7. The minimum atomic E-state index is 0.0235. The van der Waals surface area contributed by atoms with Crippen LogP contribution in [0.25, 0.3) is 0 Å². The van der Waals surface area contributed by atoms with Gasteiger partial charge in [0.25, 0.3) is 0 Å². The third kappa shape index (κ3) is 2.85. The highest BCUT2D eigenvalue weighted by atomic mass is 32.1. The van der Waals surface area contributed by atoms with Gasteiger partial charge in [0.1, 0.15) is 0 Å². The Morgan fingerprint density at radius 2 is 2.24 bits per heavy atom. The number of aryl methyl sites for hydroxylation is 2. The van der Waals surface area contributed by atoms with Gasteiger partial charge in [-0.1, -0.05) is 0 Å². The van der Waals surface area contributed by atoms with Gasteiger partial charge in [0.2, 0.25) is 0 Å². The van der Waals surface area contributed by atoms with Crippen molar-refractivity contribution in [3.8, 4) is 0 Å². The molecule has 0 radical (unpaired) electrons. The first kappa shape index (κ1) is 12.1. The number of nitrogens with one attached hydrogen (secondary N) is 1. The van der Waals surface area contributed by atoms with E-state index in [2.05, 4.69) is 20.6 Å². The van der Waals surface area contributed by atoms with Crippen molar-refractivity contribution in [3.05, 3.63) is 39.6 Å². The van der Waals surface area contributed by atoms with E-state index in [1.807, 2.05) is 25.3 Å². The van der Waals surface area contributed by atoms with Crippen molar-refractivity contribution in [1.29, 1.82) is 0 Å². The zero-order valence-electron chi connectivity index (χ0n) is 9.84. The van der Waals surface area contributed by atoms with E-state index in [0.717, 1.165) is 28.4 Å². The van der Waals surface area contributed by atoms with E-state index in [-0.39, 0.29) is 6.04 Å². The summed E-state index contributed by atoms with van der Waals surface area (Å²) in [5.41, 5.74) is 5.69. The highest BCUT2D eigenvalue weighted by molar-refractivity contribution is 7.09. The number of rotatable bonds is 4. The summed E-state index contributed by atoms with van der Waals surface area (Å²) < 4.78 is 0. The van der Waals surface area contributed by atoms with Crippen molar-refractivity contribution >= 4 is 11.3 Å². The van der Waals surface area contributed by atoms with Crippen LogP contribution in [0.1, 0.15) is 28.0 Å². The van der Waals surface area contributed by atoms with Gasteiger partial charge in [-0.25, -0.2) is 4.98 Å². The van der Waals surface area contributed by atoms with E-state index in [0.29, 0.717) is 0 Å². The van der Waals surface area contributed by atoms with Crippen LogP contribution in [0.3, 0.4) is 0 Å². The highest BCUT2D eigenvalue weighted by Gasteiger charge is 2.15. The van der Waals surface area contributed by atoms with Crippen LogP contribution in [0.5, 0.6) is 0 Å². The predicted molar refractivity (Wildman–Crippen MR) is 67.4 cm³/mol. The number of hydrogen-bond donors (Lipinski definition) is 2. The standard InChI is InChI=1S/C11H15N5S/c1-7-5-9(8(2)16-15-7)10(14-12)6-11-13-3-4-17-11/h3-5,10,14H,6,12H2,1-2H3. The van der Waals surface area contributed by atoms with Crippen LogP contribution >= 0.6 is 11.3 Å². The lowest BCUT2D eigenvalue weighted by molar-refractivity contribution is 0.543. The summed E-state index contributed by atoms with van der Waals surface area (Å²) in [6, 6.07) is 2.04. The van der Waals surface area contributed by atoms with E-state index < -0.39 is 0 Å². The lowest BCUT2D eigenvalue weighted by Gasteiger charge is -2.16. The van der Waals surface area contributed by atoms with Gasteiger partial charge in [0.05, 0.1) is 22.4 Å². The highest BCUT2D eigenvalue weighted by Crippen LogP contribution is 2.21. The van der Waals surface area contributed by atoms with Gasteiger partial charge in [0, 0.05) is 18.0 Å². The molecule has 0 spiro atoms. The Labute approximate surface area is 104 Å². The summed E-state index contributed by atoms with van der Waals surface area (Å²) in [6.07, 6.45) is 2.57. The minimum absolute atomic E-state index is 0.0235. The molecule has 0 aromatic carbocycles. The Morgan fingerprint density at radius 3 is 2.88 bits per heavy atom. The van der Waals surface area contributed by atoms with Crippen LogP contribution in [0, 0.1) is 13.8 Å². The third-order valence-corrected chi connectivity index (χ3v) is 3.38. The molecule has 2 rings (SSSR count). The topological polar surface area (TPSA) is 76.7 Å². The molecule has 2 aromatic heterocycles. The molecular weight excluding hydrogens is 234 g/mol. The maximum atomic E-state index is 5.62. The third-order valence-electron chi connectivity index (χ3n) is 2.58. The van der Waals surface area contributed by atoms with E-state index in [9.17, 15) is 0 Å². The molecule has 5 nitrogen and oxygen atoms in total. The Morgan fingerprint density at radius 1 is 1.41 bits per heavy atom. The minimum Gasteiger partial charge on any atom is -0.271 e. The van der Waals surface area contributed by atoms with Gasteiger partial charge < -0.3 is 0 Å². The average molecular weight is 249 g/mol. The quantitative estimate of drug-likeness (QED) is 0.631. The second-order valence-electron chi connectivity index (χ2n) is 3.88. The fraction of sp³-hybridized carbons (Fsp3) is 0.364. The first-order chi connectivity index (χ1) is 8.20. The second-order valence-corrected chi connectivity index (χ2v) is 4.85. The van der Waals surface area contributed by atoms with Gasteiger partial charge >= 0.3 is 0 Å². The van der Waals surface area contributed by atoms with Gasteiger partial charge in [0.15, 0.2) is 0 Å². The Hall–Kier alpha value is -1.37. The van der Waals surface area contributed by atoms with Crippen LogP contribution in [0.4, 0.5) is 0 Å². The maximum absolute atomic E-state index is 5.62. The number of hydrogen-bond acceptors (Lipinski definition) is 6. The SMILES string of the molecule is Cc1cc(C(Cc2nccs2)NN)c(C)nn1. The second kappa shape index (κ2) is 5.31. The average Bonchev–Trinajstić information content (AvgIpc) is 2.82. The first-order valence-electron chi connectivity index (χ1n) is 5.36. The zero-order chi connectivity index (χ0) is 12.3. The van der Waals surface area contributed by atoms with Crippen molar-refractivity contribution in [2.45, 2.75) is 26.3 Å². The van der Waals surface area contributed by atoms with Crippen LogP contribution in [-0.4, -0.2) is 15.2 Å². The van der Waals surface area contributed by atoms with E-state index >= 15 is 0 Å². The molecule has 2 heterocycles. The van der Waals surface area contributed by atoms with Gasteiger partial charge in [-0.2, -0.15) is 10.2 Å². The van der Waals surface area contributed by atoms with Crippen molar-refractivity contribution in [2.24, 2.45) is 5.84 Å². The summed E-state index contributed by atoms with van der Waals surface area (Å²) in [5.74, 6) is 5.62. The Kier molecular flexibility index (Phi) is 3.78. The summed E-state index contributed by atoms with van der Waals surface area (Å²) >= 11 is 1.63. The predicted octanol–water partition coefficient (Wildman–Crippen LogP) is 1.30. The molecule has 0 fully saturated rings. The van der Waals surface area contributed by atoms with Crippen molar-refractivity contribution in [3.63, 3.8) is 0 Å². The smallest absolute Gasteiger partial charge is 0.0944 e. The molecular formula is C11H15N5S. The molecule has 1 unspecified atom stereocenters.